The van der Waals surface area contributed by atoms with Gasteiger partial charge >= 0.3 is 11.9 Å². The van der Waals surface area contributed by atoms with Gasteiger partial charge in [0, 0.05) is 12.8 Å². The molecule has 2 rings (SSSR count). The highest BCUT2D eigenvalue weighted by molar-refractivity contribution is 5.70. The molecule has 15 heteroatoms. The van der Waals surface area contributed by atoms with Crippen LogP contribution in [0, 0.1) is 0 Å². The Morgan fingerprint density at radius 1 is 0.483 bits per heavy atom. The third kappa shape index (κ3) is 21.3. The fraction of sp³-hybridized carbons (Fsp3) is 0.953. The molecule has 58 heavy (non-hydrogen) atoms. The van der Waals surface area contributed by atoms with Crippen molar-refractivity contribution in [1.29, 1.82) is 0 Å². The summed E-state index contributed by atoms with van der Waals surface area (Å²) >= 11 is 0. The number of esters is 2. The zero-order valence-corrected chi connectivity index (χ0v) is 35.5. The maximum atomic E-state index is 12.9. The van der Waals surface area contributed by atoms with E-state index in [4.69, 9.17) is 28.4 Å². The van der Waals surface area contributed by atoms with Crippen molar-refractivity contribution >= 4 is 11.9 Å². The summed E-state index contributed by atoms with van der Waals surface area (Å²) in [5.41, 5.74) is 0. The number of ether oxygens (including phenoxy) is 6. The van der Waals surface area contributed by atoms with Gasteiger partial charge in [0.25, 0.3) is 0 Å². The van der Waals surface area contributed by atoms with E-state index in [2.05, 4.69) is 13.8 Å². The number of aliphatic hydroxyl groups excluding tert-OH is 7. The minimum Gasteiger partial charge on any atom is -0.462 e. The molecule has 0 aromatic carbocycles. The highest BCUT2D eigenvalue weighted by Gasteiger charge is 2.47. The Balaban J connectivity index is 1.81. The van der Waals surface area contributed by atoms with Gasteiger partial charge in [-0.3, -0.25) is 9.59 Å². The van der Waals surface area contributed by atoms with Crippen LogP contribution in [-0.4, -0.2) is 142 Å². The van der Waals surface area contributed by atoms with Crippen LogP contribution < -0.4 is 0 Å². The molecule has 7 N–H and O–H groups in total. The highest BCUT2D eigenvalue weighted by Crippen LogP contribution is 2.26. The Hall–Kier alpha value is -1.50. The lowest BCUT2D eigenvalue weighted by Gasteiger charge is -2.42. The van der Waals surface area contributed by atoms with Crippen LogP contribution in [-0.2, 0) is 38.0 Å². The zero-order chi connectivity index (χ0) is 42.5. The molecule has 15 nitrogen and oxygen atoms in total. The van der Waals surface area contributed by atoms with Crippen molar-refractivity contribution in [3.8, 4) is 0 Å². The molecule has 2 heterocycles. The summed E-state index contributed by atoms with van der Waals surface area (Å²) < 4.78 is 33.3. The molecule has 0 radical (unpaired) electrons. The molecular formula is C43H80O15. The lowest BCUT2D eigenvalue weighted by molar-refractivity contribution is -0.332. The van der Waals surface area contributed by atoms with Crippen LogP contribution in [0.1, 0.15) is 168 Å². The van der Waals surface area contributed by atoms with Gasteiger partial charge in [0.2, 0.25) is 0 Å². The molecule has 2 saturated heterocycles. The van der Waals surface area contributed by atoms with Gasteiger partial charge in [0.15, 0.2) is 18.7 Å². The Morgan fingerprint density at radius 2 is 0.879 bits per heavy atom. The van der Waals surface area contributed by atoms with Gasteiger partial charge in [0.05, 0.1) is 19.8 Å². The minimum absolute atomic E-state index is 0.172. The Morgan fingerprint density at radius 3 is 1.34 bits per heavy atom. The van der Waals surface area contributed by atoms with Crippen molar-refractivity contribution in [3.63, 3.8) is 0 Å². The maximum Gasteiger partial charge on any atom is 0.306 e. The molecular weight excluding hydrogens is 756 g/mol. The lowest BCUT2D eigenvalue weighted by atomic mass is 9.98. The molecule has 2 aliphatic rings. The molecule has 2 fully saturated rings. The number of carbonyl (C=O) groups is 2. The lowest BCUT2D eigenvalue weighted by Crippen LogP contribution is -2.61. The fourth-order valence-corrected chi connectivity index (χ4v) is 7.28. The van der Waals surface area contributed by atoms with Gasteiger partial charge in [-0.05, 0) is 12.8 Å². The van der Waals surface area contributed by atoms with E-state index in [1.165, 1.54) is 77.0 Å². The zero-order valence-electron chi connectivity index (χ0n) is 35.5. The Bertz CT molecular complexity index is 1030. The van der Waals surface area contributed by atoms with E-state index in [0.29, 0.717) is 12.8 Å². The SMILES string of the molecule is CCCCCCCCCCCCCCCCCCC(=O)OC(COC(=O)CCCCCCCC)COC1OC(COC2OC(CO)C(O)C(O)C2O)C(O)C(O)C1O. The number of hydrogen-bond acceptors (Lipinski definition) is 15. The van der Waals surface area contributed by atoms with Crippen LogP contribution in [0.5, 0.6) is 0 Å². The second-order valence-corrected chi connectivity index (χ2v) is 16.2. The standard InChI is InChI=1S/C43H80O15/c1-3-5-7-9-11-12-13-14-15-16-17-18-19-20-22-24-26-35(46)56-31(28-53-34(45)25-23-21-10-8-6-4-2)29-54-42-41(52)39(50)37(48)33(58-42)30-55-43-40(51)38(49)36(47)32(27-44)57-43/h31-33,36-44,47-52H,3-30H2,1-2H3. The van der Waals surface area contributed by atoms with E-state index in [0.717, 1.165) is 51.4 Å². The molecule has 2 aliphatic heterocycles. The summed E-state index contributed by atoms with van der Waals surface area (Å²) in [7, 11) is 0. The van der Waals surface area contributed by atoms with Crippen molar-refractivity contribution in [2.24, 2.45) is 0 Å². The summed E-state index contributed by atoms with van der Waals surface area (Å²) in [6.45, 7) is 2.52. The second-order valence-electron chi connectivity index (χ2n) is 16.2. The third-order valence-corrected chi connectivity index (χ3v) is 11.1. The van der Waals surface area contributed by atoms with Crippen molar-refractivity contribution in [1.82, 2.24) is 0 Å². The van der Waals surface area contributed by atoms with Gasteiger partial charge in [-0.15, -0.1) is 0 Å². The topological polar surface area (TPSA) is 231 Å². The predicted molar refractivity (Wildman–Crippen MR) is 215 cm³/mol. The van der Waals surface area contributed by atoms with Crippen LogP contribution >= 0.6 is 0 Å². The van der Waals surface area contributed by atoms with Gasteiger partial charge in [-0.2, -0.15) is 0 Å². The average Bonchev–Trinajstić information content (AvgIpc) is 3.21. The minimum atomic E-state index is -1.76. The first-order chi connectivity index (χ1) is 28.0. The molecule has 0 amide bonds. The largest absolute Gasteiger partial charge is 0.462 e. The Labute approximate surface area is 347 Å². The summed E-state index contributed by atoms with van der Waals surface area (Å²) in [6.07, 6.45) is 9.01. The van der Waals surface area contributed by atoms with Crippen LogP contribution in [0.4, 0.5) is 0 Å². The van der Waals surface area contributed by atoms with Gasteiger partial charge in [-0.25, -0.2) is 0 Å². The van der Waals surface area contributed by atoms with Crippen molar-refractivity contribution in [2.45, 2.75) is 235 Å². The van der Waals surface area contributed by atoms with Gasteiger partial charge < -0.3 is 64.2 Å². The van der Waals surface area contributed by atoms with Gasteiger partial charge in [-0.1, -0.05) is 142 Å². The predicted octanol–water partition coefficient (Wildman–Crippen LogP) is 4.48. The summed E-state index contributed by atoms with van der Waals surface area (Å²) in [4.78, 5) is 25.4. The van der Waals surface area contributed by atoms with Gasteiger partial charge in [0.1, 0.15) is 55.4 Å². The molecule has 0 aliphatic carbocycles. The first-order valence-electron chi connectivity index (χ1n) is 22.6. The third-order valence-electron chi connectivity index (χ3n) is 11.1. The van der Waals surface area contributed by atoms with E-state index < -0.39 is 92.7 Å². The summed E-state index contributed by atoms with van der Waals surface area (Å²) in [5.74, 6) is -0.926. The van der Waals surface area contributed by atoms with Crippen LogP contribution in [0.3, 0.4) is 0 Å². The van der Waals surface area contributed by atoms with E-state index >= 15 is 0 Å². The van der Waals surface area contributed by atoms with E-state index in [9.17, 15) is 45.3 Å². The second kappa shape index (κ2) is 32.2. The first-order valence-corrected chi connectivity index (χ1v) is 22.6. The fourth-order valence-electron chi connectivity index (χ4n) is 7.28. The molecule has 342 valence electrons. The molecule has 0 spiro atoms. The summed E-state index contributed by atoms with van der Waals surface area (Å²) in [6, 6.07) is 0. The van der Waals surface area contributed by atoms with E-state index in [-0.39, 0.29) is 26.1 Å². The monoisotopic (exact) mass is 837 g/mol. The molecule has 0 saturated carbocycles. The summed E-state index contributed by atoms with van der Waals surface area (Å²) in [5, 5.41) is 71.7. The van der Waals surface area contributed by atoms with E-state index in [1.807, 2.05) is 0 Å². The van der Waals surface area contributed by atoms with Crippen molar-refractivity contribution in [2.75, 3.05) is 26.4 Å². The maximum absolute atomic E-state index is 12.9. The first kappa shape index (κ1) is 52.6. The number of aliphatic hydroxyl groups is 7. The number of hydrogen-bond donors (Lipinski definition) is 7. The number of unbranched alkanes of at least 4 members (excludes halogenated alkanes) is 20. The quantitative estimate of drug-likeness (QED) is 0.0350. The Kier molecular flexibility index (Phi) is 29.3. The highest BCUT2D eigenvalue weighted by atomic mass is 16.7. The van der Waals surface area contributed by atoms with Crippen molar-refractivity contribution in [3.05, 3.63) is 0 Å². The van der Waals surface area contributed by atoms with Crippen molar-refractivity contribution < 1.29 is 73.8 Å². The molecule has 0 aromatic heterocycles. The number of rotatable bonds is 34. The van der Waals surface area contributed by atoms with Crippen LogP contribution in [0.15, 0.2) is 0 Å². The molecule has 0 bridgehead atoms. The normalized spacial score (nSPS) is 28.0. The number of carbonyl (C=O) groups excluding carboxylic acids is 2. The molecule has 0 aromatic rings. The smallest absolute Gasteiger partial charge is 0.306 e. The average molecular weight is 837 g/mol. The van der Waals surface area contributed by atoms with Crippen LogP contribution in [0.25, 0.3) is 0 Å². The molecule has 11 unspecified atom stereocenters. The van der Waals surface area contributed by atoms with Crippen LogP contribution in [0.2, 0.25) is 0 Å². The molecule has 11 atom stereocenters. The van der Waals surface area contributed by atoms with E-state index in [1.54, 1.807) is 0 Å².